The minimum absolute atomic E-state index is 0.00192. The zero-order chi connectivity index (χ0) is 23.3. The second-order valence-corrected chi connectivity index (χ2v) is 8.33. The number of amides is 1. The van der Waals surface area contributed by atoms with Crippen molar-refractivity contribution in [3.8, 4) is 11.6 Å². The zero-order valence-corrected chi connectivity index (χ0v) is 18.5. The average molecular weight is 458 g/mol. The molecule has 0 aliphatic carbocycles. The van der Waals surface area contributed by atoms with Crippen LogP contribution in [0.15, 0.2) is 79.6 Å². The van der Waals surface area contributed by atoms with E-state index in [1.807, 2.05) is 39.9 Å². The molecule has 1 saturated heterocycles. The topological polar surface area (TPSA) is 73.1 Å². The highest BCUT2D eigenvalue weighted by molar-refractivity contribution is 5.94. The number of hydrogen-bond acceptors (Lipinski definition) is 5. The van der Waals surface area contributed by atoms with E-state index in [-0.39, 0.29) is 17.6 Å². The average Bonchev–Trinajstić information content (AvgIpc) is 3.39. The second-order valence-electron chi connectivity index (χ2n) is 8.33. The first-order valence-electron chi connectivity index (χ1n) is 11.2. The van der Waals surface area contributed by atoms with E-state index in [0.29, 0.717) is 42.5 Å². The predicted molar refractivity (Wildman–Crippen MR) is 124 cm³/mol. The lowest BCUT2D eigenvalue weighted by molar-refractivity contribution is 0.0704. The highest BCUT2D eigenvalue weighted by Crippen LogP contribution is 2.33. The third-order valence-corrected chi connectivity index (χ3v) is 5.91. The van der Waals surface area contributed by atoms with Gasteiger partial charge in [-0.15, -0.1) is 0 Å². The molecule has 2 aromatic heterocycles. The molecule has 1 atom stereocenters. The SMILES string of the molecule is O=C(c1cccc(Cn2ccnc2)c1)N1CCCC(c2nccnc2Oc2ccc(F)cc2)C1. The molecule has 7 nitrogen and oxygen atoms in total. The molecule has 34 heavy (non-hydrogen) atoms. The van der Waals surface area contributed by atoms with E-state index < -0.39 is 0 Å². The van der Waals surface area contributed by atoms with Gasteiger partial charge in [0.05, 0.1) is 6.33 Å². The van der Waals surface area contributed by atoms with Gasteiger partial charge in [0.25, 0.3) is 5.91 Å². The molecular formula is C26H24FN5O2. The highest BCUT2D eigenvalue weighted by atomic mass is 19.1. The molecule has 1 fully saturated rings. The van der Waals surface area contributed by atoms with E-state index in [1.165, 1.54) is 12.1 Å². The summed E-state index contributed by atoms with van der Waals surface area (Å²) in [5.41, 5.74) is 2.42. The molecule has 1 unspecified atom stereocenters. The number of imidazole rings is 1. The second kappa shape index (κ2) is 9.82. The molecule has 0 saturated carbocycles. The lowest BCUT2D eigenvalue weighted by Gasteiger charge is -2.33. The summed E-state index contributed by atoms with van der Waals surface area (Å²) in [6.45, 7) is 1.88. The minimum atomic E-state index is -0.331. The first kappa shape index (κ1) is 21.8. The molecule has 0 N–H and O–H groups in total. The Labute approximate surface area is 196 Å². The fourth-order valence-corrected chi connectivity index (χ4v) is 4.27. The van der Waals surface area contributed by atoms with Crippen molar-refractivity contribution < 1.29 is 13.9 Å². The smallest absolute Gasteiger partial charge is 0.253 e. The number of piperidine rings is 1. The number of carbonyl (C=O) groups excluding carboxylic acids is 1. The molecule has 0 spiro atoms. The lowest BCUT2D eigenvalue weighted by Crippen LogP contribution is -2.39. The third-order valence-electron chi connectivity index (χ3n) is 5.91. The standard InChI is InChI=1S/C26H24FN5O2/c27-22-6-8-23(9-7-22)34-25-24(29-10-11-30-25)21-5-2-13-32(17-21)26(33)20-4-1-3-19(15-20)16-31-14-12-28-18-31/h1,3-4,6-12,14-15,18,21H,2,5,13,16-17H2. The van der Waals surface area contributed by atoms with Crippen molar-refractivity contribution in [1.29, 1.82) is 0 Å². The van der Waals surface area contributed by atoms with Crippen LogP contribution in [-0.2, 0) is 6.54 Å². The highest BCUT2D eigenvalue weighted by Gasteiger charge is 2.29. The van der Waals surface area contributed by atoms with E-state index in [4.69, 9.17) is 4.74 Å². The van der Waals surface area contributed by atoms with Gasteiger partial charge in [-0.1, -0.05) is 12.1 Å². The summed E-state index contributed by atoms with van der Waals surface area (Å²) in [7, 11) is 0. The van der Waals surface area contributed by atoms with Crippen LogP contribution in [0.4, 0.5) is 4.39 Å². The van der Waals surface area contributed by atoms with Crippen molar-refractivity contribution in [2.45, 2.75) is 25.3 Å². The van der Waals surface area contributed by atoms with Crippen LogP contribution in [-0.4, -0.2) is 43.4 Å². The summed E-state index contributed by atoms with van der Waals surface area (Å²) < 4.78 is 21.1. The number of hydrogen-bond donors (Lipinski definition) is 0. The predicted octanol–water partition coefficient (Wildman–Crippen LogP) is 4.67. The fraction of sp³-hybridized carbons (Fsp3) is 0.231. The maximum atomic E-state index is 13.3. The molecule has 0 bridgehead atoms. The maximum absolute atomic E-state index is 13.3. The van der Waals surface area contributed by atoms with E-state index in [9.17, 15) is 9.18 Å². The van der Waals surface area contributed by atoms with Gasteiger partial charge < -0.3 is 14.2 Å². The van der Waals surface area contributed by atoms with Crippen LogP contribution < -0.4 is 4.74 Å². The van der Waals surface area contributed by atoms with Crippen LogP contribution in [0.2, 0.25) is 0 Å². The van der Waals surface area contributed by atoms with Gasteiger partial charge in [0.15, 0.2) is 0 Å². The summed E-state index contributed by atoms with van der Waals surface area (Å²) in [4.78, 5) is 28.2. The number of ether oxygens (including phenoxy) is 1. The monoisotopic (exact) mass is 457 g/mol. The van der Waals surface area contributed by atoms with Gasteiger partial charge in [-0.25, -0.2) is 14.4 Å². The molecule has 8 heteroatoms. The maximum Gasteiger partial charge on any atom is 0.253 e. The lowest BCUT2D eigenvalue weighted by atomic mass is 9.94. The van der Waals surface area contributed by atoms with Gasteiger partial charge in [-0.2, -0.15) is 0 Å². The Morgan fingerprint density at radius 1 is 1.09 bits per heavy atom. The van der Waals surface area contributed by atoms with Gasteiger partial charge in [0.2, 0.25) is 5.88 Å². The van der Waals surface area contributed by atoms with E-state index in [1.54, 1.807) is 37.1 Å². The van der Waals surface area contributed by atoms with Crippen LogP contribution in [0.3, 0.4) is 0 Å². The largest absolute Gasteiger partial charge is 0.437 e. The van der Waals surface area contributed by atoms with Crippen LogP contribution in [0.1, 0.15) is 40.4 Å². The Morgan fingerprint density at radius 2 is 1.94 bits per heavy atom. The van der Waals surface area contributed by atoms with Gasteiger partial charge in [0.1, 0.15) is 17.3 Å². The molecule has 172 valence electrons. The number of benzene rings is 2. The van der Waals surface area contributed by atoms with Crippen LogP contribution in [0.5, 0.6) is 11.6 Å². The molecule has 2 aromatic carbocycles. The Hall–Kier alpha value is -4.07. The summed E-state index contributed by atoms with van der Waals surface area (Å²) in [6.07, 6.45) is 10.3. The first-order chi connectivity index (χ1) is 16.7. The zero-order valence-electron chi connectivity index (χ0n) is 18.5. The van der Waals surface area contributed by atoms with Crippen molar-refractivity contribution in [1.82, 2.24) is 24.4 Å². The van der Waals surface area contributed by atoms with Crippen molar-refractivity contribution >= 4 is 5.91 Å². The number of halogens is 1. The number of carbonyl (C=O) groups is 1. The van der Waals surface area contributed by atoms with Crippen LogP contribution in [0, 0.1) is 5.82 Å². The quantitative estimate of drug-likeness (QED) is 0.421. The summed E-state index contributed by atoms with van der Waals surface area (Å²) in [6, 6.07) is 13.5. The van der Waals surface area contributed by atoms with Crippen molar-refractivity contribution in [2.75, 3.05) is 13.1 Å². The minimum Gasteiger partial charge on any atom is -0.437 e. The van der Waals surface area contributed by atoms with Crippen molar-refractivity contribution in [2.24, 2.45) is 0 Å². The third kappa shape index (κ3) is 4.96. The summed E-state index contributed by atoms with van der Waals surface area (Å²) >= 11 is 0. The molecule has 1 aliphatic rings. The van der Waals surface area contributed by atoms with Gasteiger partial charge >= 0.3 is 0 Å². The van der Waals surface area contributed by atoms with Crippen LogP contribution in [0.25, 0.3) is 0 Å². The fourth-order valence-electron chi connectivity index (χ4n) is 4.27. The van der Waals surface area contributed by atoms with Gasteiger partial charge in [-0.3, -0.25) is 9.78 Å². The molecule has 5 rings (SSSR count). The number of likely N-dealkylation sites (tertiary alicyclic amines) is 1. The van der Waals surface area contributed by atoms with E-state index in [2.05, 4.69) is 15.0 Å². The molecular weight excluding hydrogens is 433 g/mol. The molecule has 4 aromatic rings. The van der Waals surface area contributed by atoms with Crippen molar-refractivity contribution in [3.63, 3.8) is 0 Å². The molecule has 3 heterocycles. The number of aromatic nitrogens is 4. The summed E-state index contributed by atoms with van der Waals surface area (Å²) in [5, 5.41) is 0. The molecule has 0 radical (unpaired) electrons. The molecule has 1 amide bonds. The number of rotatable bonds is 6. The molecule has 1 aliphatic heterocycles. The number of nitrogens with zero attached hydrogens (tertiary/aromatic N) is 5. The van der Waals surface area contributed by atoms with Crippen LogP contribution >= 0.6 is 0 Å². The van der Waals surface area contributed by atoms with E-state index >= 15 is 0 Å². The van der Waals surface area contributed by atoms with Gasteiger partial charge in [0, 0.05) is 55.9 Å². The Kier molecular flexibility index (Phi) is 6.29. The normalized spacial score (nSPS) is 15.8. The van der Waals surface area contributed by atoms with E-state index in [0.717, 1.165) is 18.4 Å². The Bertz CT molecular complexity index is 1260. The van der Waals surface area contributed by atoms with Gasteiger partial charge in [-0.05, 0) is 54.8 Å². The first-order valence-corrected chi connectivity index (χ1v) is 11.2. The van der Waals surface area contributed by atoms with Crippen molar-refractivity contribution in [3.05, 3.63) is 102 Å². The summed E-state index contributed by atoms with van der Waals surface area (Å²) in [5.74, 6) is 0.539. The Morgan fingerprint density at radius 3 is 2.76 bits per heavy atom. The Balaban J connectivity index is 1.32.